The molecule has 0 spiro atoms. The van der Waals surface area contributed by atoms with Crippen molar-refractivity contribution in [1.29, 1.82) is 0 Å². The SMILES string of the molecule is CNC(=O)Cc1ccc(NC(=O)c2cc(-c3c(C)nn(C)c3C)n[nH]2)cc1. The molecule has 8 heteroatoms. The predicted molar refractivity (Wildman–Crippen MR) is 102 cm³/mol. The average molecular weight is 366 g/mol. The first kappa shape index (κ1) is 18.4. The van der Waals surface area contributed by atoms with E-state index in [1.165, 1.54) is 0 Å². The van der Waals surface area contributed by atoms with Crippen molar-refractivity contribution in [1.82, 2.24) is 25.3 Å². The molecule has 3 rings (SSSR count). The van der Waals surface area contributed by atoms with Crippen LogP contribution in [0.5, 0.6) is 0 Å². The molecule has 0 aliphatic carbocycles. The molecule has 0 aliphatic rings. The summed E-state index contributed by atoms with van der Waals surface area (Å²) in [4.78, 5) is 23.9. The summed E-state index contributed by atoms with van der Waals surface area (Å²) in [7, 11) is 3.48. The van der Waals surface area contributed by atoms with Crippen LogP contribution in [0.25, 0.3) is 11.3 Å². The zero-order valence-corrected chi connectivity index (χ0v) is 15.8. The van der Waals surface area contributed by atoms with Gasteiger partial charge in [0.05, 0.1) is 17.8 Å². The Labute approximate surface area is 157 Å². The van der Waals surface area contributed by atoms with Crippen LogP contribution in [0.3, 0.4) is 0 Å². The van der Waals surface area contributed by atoms with E-state index in [1.807, 2.05) is 33.0 Å². The normalized spacial score (nSPS) is 10.7. The summed E-state index contributed by atoms with van der Waals surface area (Å²) >= 11 is 0. The predicted octanol–water partition coefficient (Wildman–Crippen LogP) is 1.97. The van der Waals surface area contributed by atoms with Gasteiger partial charge in [-0.1, -0.05) is 12.1 Å². The number of H-pyrrole nitrogens is 1. The van der Waals surface area contributed by atoms with Gasteiger partial charge >= 0.3 is 0 Å². The van der Waals surface area contributed by atoms with Gasteiger partial charge in [0.25, 0.3) is 5.91 Å². The number of rotatable bonds is 5. The standard InChI is InChI=1S/C19H22N6O2/c1-11-18(12(2)25(4)24-11)15-10-16(23-22-15)19(27)21-14-7-5-13(6-8-14)9-17(26)20-3/h5-8,10H,9H2,1-4H3,(H,20,26)(H,21,27)(H,22,23). The number of aromatic amines is 1. The first-order chi connectivity index (χ1) is 12.9. The number of likely N-dealkylation sites (N-methyl/N-ethyl adjacent to an activating group) is 1. The van der Waals surface area contributed by atoms with E-state index in [0.29, 0.717) is 23.5 Å². The quantitative estimate of drug-likeness (QED) is 0.642. The van der Waals surface area contributed by atoms with Gasteiger partial charge in [0, 0.05) is 31.0 Å². The molecule has 0 radical (unpaired) electrons. The van der Waals surface area contributed by atoms with E-state index < -0.39 is 0 Å². The maximum Gasteiger partial charge on any atom is 0.273 e. The number of aryl methyl sites for hydroxylation is 2. The van der Waals surface area contributed by atoms with E-state index in [0.717, 1.165) is 22.5 Å². The van der Waals surface area contributed by atoms with Crippen LogP contribution in [0.2, 0.25) is 0 Å². The van der Waals surface area contributed by atoms with E-state index in [1.54, 1.807) is 29.9 Å². The maximum absolute atomic E-state index is 12.5. The number of benzene rings is 1. The van der Waals surface area contributed by atoms with Crippen LogP contribution in [-0.4, -0.2) is 38.8 Å². The monoisotopic (exact) mass is 366 g/mol. The molecule has 27 heavy (non-hydrogen) atoms. The Hall–Kier alpha value is -3.42. The number of nitrogens with zero attached hydrogens (tertiary/aromatic N) is 3. The Bertz CT molecular complexity index is 984. The molecule has 0 aliphatic heterocycles. The number of aromatic nitrogens is 4. The number of anilines is 1. The Morgan fingerprint density at radius 2 is 1.89 bits per heavy atom. The molecule has 1 aromatic carbocycles. The second-order valence-corrected chi connectivity index (χ2v) is 6.34. The van der Waals surface area contributed by atoms with Crippen molar-refractivity contribution in [2.45, 2.75) is 20.3 Å². The van der Waals surface area contributed by atoms with Crippen molar-refractivity contribution in [3.63, 3.8) is 0 Å². The summed E-state index contributed by atoms with van der Waals surface area (Å²) in [5.74, 6) is -0.343. The summed E-state index contributed by atoms with van der Waals surface area (Å²) in [6.45, 7) is 3.88. The molecular weight excluding hydrogens is 344 g/mol. The highest BCUT2D eigenvalue weighted by atomic mass is 16.2. The molecule has 0 saturated carbocycles. The van der Waals surface area contributed by atoms with E-state index in [9.17, 15) is 9.59 Å². The first-order valence-corrected chi connectivity index (χ1v) is 8.56. The summed E-state index contributed by atoms with van der Waals surface area (Å²) in [6, 6.07) is 8.87. The minimum absolute atomic E-state index is 0.0576. The van der Waals surface area contributed by atoms with Crippen molar-refractivity contribution in [3.8, 4) is 11.3 Å². The molecule has 2 heterocycles. The lowest BCUT2D eigenvalue weighted by Gasteiger charge is -2.05. The largest absolute Gasteiger partial charge is 0.359 e. The first-order valence-electron chi connectivity index (χ1n) is 8.56. The molecular formula is C19H22N6O2. The van der Waals surface area contributed by atoms with Gasteiger partial charge in [0.15, 0.2) is 0 Å². The zero-order chi connectivity index (χ0) is 19.6. The van der Waals surface area contributed by atoms with Crippen molar-refractivity contribution >= 4 is 17.5 Å². The highest BCUT2D eigenvalue weighted by Gasteiger charge is 2.17. The highest BCUT2D eigenvalue weighted by molar-refractivity contribution is 6.03. The van der Waals surface area contributed by atoms with Crippen LogP contribution >= 0.6 is 0 Å². The topological polar surface area (TPSA) is 105 Å². The van der Waals surface area contributed by atoms with Gasteiger partial charge in [-0.3, -0.25) is 19.4 Å². The summed E-state index contributed by atoms with van der Waals surface area (Å²) in [5.41, 5.74) is 5.33. The molecule has 2 amide bonds. The molecule has 2 aromatic heterocycles. The molecule has 8 nitrogen and oxygen atoms in total. The van der Waals surface area contributed by atoms with Crippen LogP contribution < -0.4 is 10.6 Å². The van der Waals surface area contributed by atoms with Crippen molar-refractivity contribution in [2.24, 2.45) is 7.05 Å². The lowest BCUT2D eigenvalue weighted by molar-refractivity contribution is -0.119. The number of amides is 2. The van der Waals surface area contributed by atoms with Crippen LogP contribution in [-0.2, 0) is 18.3 Å². The minimum Gasteiger partial charge on any atom is -0.359 e. The Morgan fingerprint density at radius 1 is 1.19 bits per heavy atom. The minimum atomic E-state index is -0.285. The van der Waals surface area contributed by atoms with Gasteiger partial charge < -0.3 is 10.6 Å². The van der Waals surface area contributed by atoms with Gasteiger partial charge in [-0.25, -0.2) is 0 Å². The van der Waals surface area contributed by atoms with E-state index >= 15 is 0 Å². The van der Waals surface area contributed by atoms with Crippen molar-refractivity contribution < 1.29 is 9.59 Å². The number of carbonyl (C=O) groups excluding carboxylic acids is 2. The van der Waals surface area contributed by atoms with Gasteiger partial charge in [-0.2, -0.15) is 10.2 Å². The molecule has 140 valence electrons. The number of carbonyl (C=O) groups is 2. The summed E-state index contributed by atoms with van der Waals surface area (Å²) in [5, 5.41) is 16.8. The Morgan fingerprint density at radius 3 is 2.48 bits per heavy atom. The third-order valence-electron chi connectivity index (χ3n) is 4.44. The lowest BCUT2D eigenvalue weighted by atomic mass is 10.1. The fraction of sp³-hybridized carbons (Fsp3) is 0.263. The Kier molecular flexibility index (Phi) is 5.07. The Balaban J connectivity index is 1.72. The average Bonchev–Trinajstić information content (AvgIpc) is 3.21. The van der Waals surface area contributed by atoms with Crippen LogP contribution in [0.1, 0.15) is 27.4 Å². The molecule has 0 bridgehead atoms. The summed E-state index contributed by atoms with van der Waals surface area (Å²) < 4.78 is 1.79. The van der Waals surface area contributed by atoms with E-state index in [2.05, 4.69) is 25.9 Å². The number of hydrogen-bond donors (Lipinski definition) is 3. The highest BCUT2D eigenvalue weighted by Crippen LogP contribution is 2.25. The fourth-order valence-corrected chi connectivity index (χ4v) is 2.89. The molecule has 0 fully saturated rings. The fourth-order valence-electron chi connectivity index (χ4n) is 2.89. The van der Waals surface area contributed by atoms with E-state index in [-0.39, 0.29) is 11.8 Å². The number of hydrogen-bond acceptors (Lipinski definition) is 4. The van der Waals surface area contributed by atoms with Gasteiger partial charge in [0.2, 0.25) is 5.91 Å². The summed E-state index contributed by atoms with van der Waals surface area (Å²) in [6.07, 6.45) is 0.304. The third-order valence-corrected chi connectivity index (χ3v) is 4.44. The zero-order valence-electron chi connectivity index (χ0n) is 15.8. The van der Waals surface area contributed by atoms with E-state index in [4.69, 9.17) is 0 Å². The second kappa shape index (κ2) is 7.45. The van der Waals surface area contributed by atoms with Crippen LogP contribution in [0, 0.1) is 13.8 Å². The van der Waals surface area contributed by atoms with Crippen molar-refractivity contribution in [2.75, 3.05) is 12.4 Å². The number of nitrogens with one attached hydrogen (secondary N) is 3. The van der Waals surface area contributed by atoms with Gasteiger partial charge in [-0.15, -0.1) is 0 Å². The van der Waals surface area contributed by atoms with Crippen LogP contribution in [0.15, 0.2) is 30.3 Å². The lowest BCUT2D eigenvalue weighted by Crippen LogP contribution is -2.19. The van der Waals surface area contributed by atoms with Gasteiger partial charge in [0.1, 0.15) is 5.69 Å². The third kappa shape index (κ3) is 3.89. The molecule has 3 N–H and O–H groups in total. The molecule has 0 unspecified atom stereocenters. The molecule has 0 atom stereocenters. The molecule has 3 aromatic rings. The smallest absolute Gasteiger partial charge is 0.273 e. The molecule has 0 saturated heterocycles. The van der Waals surface area contributed by atoms with Crippen molar-refractivity contribution in [3.05, 3.63) is 53.0 Å². The van der Waals surface area contributed by atoms with Gasteiger partial charge in [-0.05, 0) is 37.6 Å². The van der Waals surface area contributed by atoms with Crippen LogP contribution in [0.4, 0.5) is 5.69 Å². The second-order valence-electron chi connectivity index (χ2n) is 6.34. The maximum atomic E-state index is 12.5.